The molecule has 0 bridgehead atoms. The Morgan fingerprint density at radius 1 is 0.647 bits per heavy atom. The molecule has 0 unspecified atom stereocenters. The highest BCUT2D eigenvalue weighted by molar-refractivity contribution is 4.58. The van der Waals surface area contributed by atoms with Gasteiger partial charge in [0.1, 0.15) is 0 Å². The van der Waals surface area contributed by atoms with Gasteiger partial charge in [-0.25, -0.2) is 0 Å². The lowest BCUT2D eigenvalue weighted by atomic mass is 10.1. The molecular weight excluding hydrogens is 208 g/mol. The van der Waals surface area contributed by atoms with E-state index in [0.29, 0.717) is 0 Å². The number of unbranched alkanes of at least 4 members (excludes halogenated alkanes) is 6. The number of hydrogen-bond donors (Lipinski definition) is 1. The Labute approximate surface area is 109 Å². The van der Waals surface area contributed by atoms with Crippen LogP contribution in [0.25, 0.3) is 0 Å². The molecule has 17 heavy (non-hydrogen) atoms. The van der Waals surface area contributed by atoms with Crippen molar-refractivity contribution in [2.75, 3.05) is 26.2 Å². The van der Waals surface area contributed by atoms with Gasteiger partial charge in [-0.3, -0.25) is 0 Å². The summed E-state index contributed by atoms with van der Waals surface area (Å²) in [4.78, 5) is 2.66. The van der Waals surface area contributed by atoms with Crippen LogP contribution in [0.2, 0.25) is 0 Å². The lowest BCUT2D eigenvalue weighted by Crippen LogP contribution is -2.27. The van der Waals surface area contributed by atoms with E-state index in [1.54, 1.807) is 0 Å². The van der Waals surface area contributed by atoms with E-state index in [2.05, 4.69) is 18.7 Å². The lowest BCUT2D eigenvalue weighted by molar-refractivity contribution is 0.259. The van der Waals surface area contributed by atoms with Crippen LogP contribution in [0.3, 0.4) is 0 Å². The van der Waals surface area contributed by atoms with Gasteiger partial charge in [-0.15, -0.1) is 0 Å². The lowest BCUT2D eigenvalue weighted by Gasteiger charge is -2.21. The third kappa shape index (κ3) is 12.2. The summed E-state index contributed by atoms with van der Waals surface area (Å²) in [5.41, 5.74) is 5.49. The second-order valence-electron chi connectivity index (χ2n) is 5.11. The summed E-state index contributed by atoms with van der Waals surface area (Å²) < 4.78 is 0. The first-order valence-corrected chi connectivity index (χ1v) is 7.77. The quantitative estimate of drug-likeness (QED) is 0.498. The molecule has 0 aromatic rings. The van der Waals surface area contributed by atoms with Crippen LogP contribution in [0.4, 0.5) is 0 Å². The van der Waals surface area contributed by atoms with E-state index in [0.717, 1.165) is 6.54 Å². The summed E-state index contributed by atoms with van der Waals surface area (Å²) in [6.07, 6.45) is 12.0. The maximum Gasteiger partial charge on any atom is -0.00187 e. The first-order chi connectivity index (χ1) is 8.35. The van der Waals surface area contributed by atoms with Gasteiger partial charge in [-0.2, -0.15) is 0 Å². The normalized spacial score (nSPS) is 11.3. The summed E-state index contributed by atoms with van der Waals surface area (Å²) in [6, 6.07) is 0. The zero-order chi connectivity index (χ0) is 12.8. The van der Waals surface area contributed by atoms with Crippen molar-refractivity contribution in [2.45, 2.75) is 71.6 Å². The molecule has 2 N–H and O–H groups in total. The largest absolute Gasteiger partial charge is 0.330 e. The second-order valence-corrected chi connectivity index (χ2v) is 5.11. The highest BCUT2D eigenvalue weighted by atomic mass is 15.1. The van der Waals surface area contributed by atoms with Crippen LogP contribution in [-0.4, -0.2) is 31.1 Å². The third-order valence-electron chi connectivity index (χ3n) is 3.33. The fourth-order valence-electron chi connectivity index (χ4n) is 2.11. The average Bonchev–Trinajstić information content (AvgIpc) is 2.35. The van der Waals surface area contributed by atoms with Crippen LogP contribution < -0.4 is 5.73 Å². The molecule has 0 heterocycles. The molecule has 0 aromatic carbocycles. The van der Waals surface area contributed by atoms with Crippen molar-refractivity contribution in [3.8, 4) is 0 Å². The van der Waals surface area contributed by atoms with Gasteiger partial charge < -0.3 is 10.6 Å². The zero-order valence-corrected chi connectivity index (χ0v) is 12.2. The Balaban J connectivity index is 3.45. The van der Waals surface area contributed by atoms with E-state index in [1.807, 2.05) is 0 Å². The third-order valence-corrected chi connectivity index (χ3v) is 3.33. The maximum absolute atomic E-state index is 5.49. The van der Waals surface area contributed by atoms with E-state index in [-0.39, 0.29) is 0 Å². The summed E-state index contributed by atoms with van der Waals surface area (Å²) in [7, 11) is 0. The van der Waals surface area contributed by atoms with Crippen LogP contribution in [-0.2, 0) is 0 Å². The molecule has 0 aliphatic carbocycles. The molecule has 0 amide bonds. The van der Waals surface area contributed by atoms with Crippen molar-refractivity contribution in [3.63, 3.8) is 0 Å². The number of hydrogen-bond acceptors (Lipinski definition) is 2. The average molecular weight is 242 g/mol. The summed E-state index contributed by atoms with van der Waals surface area (Å²) >= 11 is 0. The van der Waals surface area contributed by atoms with Crippen LogP contribution in [0.15, 0.2) is 0 Å². The SMILES string of the molecule is CCCCN(CCCC)CCCCCCCN. The molecule has 0 atom stereocenters. The van der Waals surface area contributed by atoms with Crippen LogP contribution >= 0.6 is 0 Å². The van der Waals surface area contributed by atoms with Crippen molar-refractivity contribution >= 4 is 0 Å². The molecule has 0 rings (SSSR count). The molecule has 0 saturated carbocycles. The van der Waals surface area contributed by atoms with Gasteiger partial charge in [0.2, 0.25) is 0 Å². The van der Waals surface area contributed by atoms with Crippen molar-refractivity contribution in [1.82, 2.24) is 4.90 Å². The van der Waals surface area contributed by atoms with Crippen molar-refractivity contribution < 1.29 is 0 Å². The summed E-state index contributed by atoms with van der Waals surface area (Å²) in [5.74, 6) is 0. The molecule has 0 spiro atoms. The number of rotatable bonds is 13. The van der Waals surface area contributed by atoms with Gasteiger partial charge in [0.25, 0.3) is 0 Å². The van der Waals surface area contributed by atoms with Crippen LogP contribution in [0, 0.1) is 0 Å². The predicted molar refractivity (Wildman–Crippen MR) is 78.4 cm³/mol. The van der Waals surface area contributed by atoms with Gasteiger partial charge in [0.05, 0.1) is 0 Å². The van der Waals surface area contributed by atoms with Gasteiger partial charge >= 0.3 is 0 Å². The second kappa shape index (κ2) is 14.0. The van der Waals surface area contributed by atoms with Crippen molar-refractivity contribution in [2.24, 2.45) is 5.73 Å². The minimum atomic E-state index is 0.860. The van der Waals surface area contributed by atoms with Crippen LogP contribution in [0.1, 0.15) is 71.6 Å². The van der Waals surface area contributed by atoms with Crippen LogP contribution in [0.5, 0.6) is 0 Å². The Kier molecular flexibility index (Phi) is 13.9. The Morgan fingerprint density at radius 3 is 1.65 bits per heavy atom. The fourth-order valence-corrected chi connectivity index (χ4v) is 2.11. The molecule has 0 aliphatic rings. The minimum absolute atomic E-state index is 0.860. The predicted octanol–water partition coefficient (Wildman–Crippen LogP) is 3.80. The van der Waals surface area contributed by atoms with Crippen molar-refractivity contribution in [3.05, 3.63) is 0 Å². The smallest absolute Gasteiger partial charge is 0.00187 e. The molecule has 2 nitrogen and oxygen atoms in total. The summed E-state index contributed by atoms with van der Waals surface area (Å²) in [5, 5.41) is 0. The Bertz CT molecular complexity index is 129. The highest BCUT2D eigenvalue weighted by Crippen LogP contribution is 2.06. The van der Waals surface area contributed by atoms with Gasteiger partial charge in [-0.05, 0) is 51.9 Å². The van der Waals surface area contributed by atoms with E-state index in [1.165, 1.54) is 77.4 Å². The molecule has 0 radical (unpaired) electrons. The van der Waals surface area contributed by atoms with Gasteiger partial charge in [0.15, 0.2) is 0 Å². The van der Waals surface area contributed by atoms with Gasteiger partial charge in [0, 0.05) is 0 Å². The molecule has 104 valence electrons. The monoisotopic (exact) mass is 242 g/mol. The van der Waals surface area contributed by atoms with E-state index in [4.69, 9.17) is 5.73 Å². The molecular formula is C15H34N2. The maximum atomic E-state index is 5.49. The Hall–Kier alpha value is -0.0800. The first kappa shape index (κ1) is 16.9. The van der Waals surface area contributed by atoms with E-state index in [9.17, 15) is 0 Å². The number of nitrogens with zero attached hydrogens (tertiary/aromatic N) is 1. The molecule has 0 aromatic heterocycles. The molecule has 0 fully saturated rings. The van der Waals surface area contributed by atoms with Gasteiger partial charge in [-0.1, -0.05) is 46.0 Å². The number of nitrogens with two attached hydrogens (primary N) is 1. The Morgan fingerprint density at radius 2 is 1.12 bits per heavy atom. The summed E-state index contributed by atoms with van der Waals surface area (Å²) in [6.45, 7) is 9.34. The minimum Gasteiger partial charge on any atom is -0.330 e. The standard InChI is InChI=1S/C15H34N2/c1-3-5-13-17(14-6-4-2)15-11-9-7-8-10-12-16/h3-16H2,1-2H3. The van der Waals surface area contributed by atoms with E-state index >= 15 is 0 Å². The molecule has 0 saturated heterocycles. The van der Waals surface area contributed by atoms with E-state index < -0.39 is 0 Å². The highest BCUT2D eigenvalue weighted by Gasteiger charge is 2.03. The van der Waals surface area contributed by atoms with Crippen molar-refractivity contribution in [1.29, 1.82) is 0 Å². The molecule has 2 heteroatoms. The zero-order valence-electron chi connectivity index (χ0n) is 12.2. The first-order valence-electron chi connectivity index (χ1n) is 7.77. The molecule has 0 aliphatic heterocycles. The fraction of sp³-hybridized carbons (Fsp3) is 1.00. The topological polar surface area (TPSA) is 29.3 Å².